The third-order valence-electron chi connectivity index (χ3n) is 1.98. The van der Waals surface area contributed by atoms with E-state index in [4.69, 9.17) is 5.26 Å². The van der Waals surface area contributed by atoms with E-state index in [-0.39, 0.29) is 12.4 Å². The Morgan fingerprint density at radius 3 is 2.67 bits per heavy atom. The fourth-order valence-electron chi connectivity index (χ4n) is 1.22. The molecule has 0 fully saturated rings. The van der Waals surface area contributed by atoms with Gasteiger partial charge in [0.25, 0.3) is 0 Å². The highest BCUT2D eigenvalue weighted by molar-refractivity contribution is 5.58. The number of nitriles is 1. The lowest BCUT2D eigenvalue weighted by atomic mass is 10.1. The zero-order chi connectivity index (χ0) is 11.1. The van der Waals surface area contributed by atoms with Crippen molar-refractivity contribution in [3.05, 3.63) is 35.6 Å². The Balaban J connectivity index is 2.55. The van der Waals surface area contributed by atoms with Crippen LogP contribution in [0.25, 0.3) is 0 Å². The molecule has 0 saturated carbocycles. The third-order valence-corrected chi connectivity index (χ3v) is 1.98. The van der Waals surface area contributed by atoms with Crippen LogP contribution < -0.4 is 5.32 Å². The summed E-state index contributed by atoms with van der Waals surface area (Å²) in [5.74, 6) is -0.300. The van der Waals surface area contributed by atoms with Gasteiger partial charge in [-0.15, -0.1) is 0 Å². The fraction of sp³-hybridized carbons (Fsp3) is 0.273. The Labute approximate surface area is 87.5 Å². The van der Waals surface area contributed by atoms with Crippen LogP contribution in [0.5, 0.6) is 0 Å². The van der Waals surface area contributed by atoms with Crippen molar-refractivity contribution in [1.82, 2.24) is 5.32 Å². The zero-order valence-corrected chi connectivity index (χ0v) is 8.11. The fourth-order valence-corrected chi connectivity index (χ4v) is 1.22. The van der Waals surface area contributed by atoms with Gasteiger partial charge in [-0.1, -0.05) is 12.1 Å². The van der Waals surface area contributed by atoms with E-state index in [0.717, 1.165) is 11.8 Å². The molecule has 1 aromatic rings. The summed E-state index contributed by atoms with van der Waals surface area (Å²) in [6.07, 6.45) is 1.21. The molecular formula is C11H11FN2O. The minimum absolute atomic E-state index is 0.130. The number of hydrogen-bond acceptors (Lipinski definition) is 3. The molecule has 0 bridgehead atoms. The predicted octanol–water partition coefficient (Wildman–Crippen LogP) is 1.05. The van der Waals surface area contributed by atoms with Crippen molar-refractivity contribution in [2.45, 2.75) is 12.5 Å². The molecular weight excluding hydrogens is 195 g/mol. The monoisotopic (exact) mass is 206 g/mol. The van der Waals surface area contributed by atoms with E-state index in [0.29, 0.717) is 6.42 Å². The molecule has 0 spiro atoms. The van der Waals surface area contributed by atoms with Gasteiger partial charge in [-0.3, -0.25) is 5.32 Å². The maximum Gasteiger partial charge on any atom is 0.137 e. The Morgan fingerprint density at radius 2 is 2.13 bits per heavy atom. The van der Waals surface area contributed by atoms with Crippen LogP contribution in [0.4, 0.5) is 4.39 Å². The summed E-state index contributed by atoms with van der Waals surface area (Å²) in [6, 6.07) is 7.45. The van der Waals surface area contributed by atoms with Crippen molar-refractivity contribution in [2.75, 3.05) is 6.54 Å². The molecule has 0 unspecified atom stereocenters. The summed E-state index contributed by atoms with van der Waals surface area (Å²) in [6.45, 7) is 0.130. The minimum Gasteiger partial charge on any atom is -0.302 e. The first-order valence-electron chi connectivity index (χ1n) is 4.56. The van der Waals surface area contributed by atoms with Crippen molar-refractivity contribution in [3.63, 3.8) is 0 Å². The maximum absolute atomic E-state index is 12.6. The molecule has 0 aliphatic heterocycles. The quantitative estimate of drug-likeness (QED) is 0.578. The van der Waals surface area contributed by atoms with Gasteiger partial charge >= 0.3 is 0 Å². The summed E-state index contributed by atoms with van der Waals surface area (Å²) in [4.78, 5) is 10.6. The van der Waals surface area contributed by atoms with E-state index in [9.17, 15) is 9.18 Å². The minimum atomic E-state index is -0.393. The van der Waals surface area contributed by atoms with Crippen LogP contribution in [0, 0.1) is 17.1 Å². The summed E-state index contributed by atoms with van der Waals surface area (Å²) >= 11 is 0. The molecule has 0 saturated heterocycles. The van der Waals surface area contributed by atoms with E-state index in [1.165, 1.54) is 12.1 Å². The number of nitrogens with zero attached hydrogens (tertiary/aromatic N) is 1. The highest BCUT2D eigenvalue weighted by atomic mass is 19.1. The van der Waals surface area contributed by atoms with Crippen LogP contribution in [0.3, 0.4) is 0 Å². The molecule has 1 N–H and O–H groups in total. The van der Waals surface area contributed by atoms with Crippen LogP contribution in [-0.4, -0.2) is 18.9 Å². The normalized spacial score (nSPS) is 11.7. The number of carbonyl (C=O) groups is 1. The lowest BCUT2D eigenvalue weighted by molar-refractivity contribution is -0.109. The van der Waals surface area contributed by atoms with E-state index >= 15 is 0 Å². The van der Waals surface area contributed by atoms with Crippen molar-refractivity contribution >= 4 is 6.29 Å². The lowest BCUT2D eigenvalue weighted by Crippen LogP contribution is -2.32. The number of hydrogen-bond donors (Lipinski definition) is 1. The summed E-state index contributed by atoms with van der Waals surface area (Å²) in [5.41, 5.74) is 0.860. The van der Waals surface area contributed by atoms with Gasteiger partial charge in [0.05, 0.1) is 18.7 Å². The molecule has 0 amide bonds. The number of nitrogens with one attached hydrogen (secondary N) is 1. The summed E-state index contributed by atoms with van der Waals surface area (Å²) in [7, 11) is 0. The number of aldehydes is 1. The molecule has 3 nitrogen and oxygen atoms in total. The standard InChI is InChI=1S/C11H11FN2O/c12-10-3-1-9(2-4-10)7-11(8-15)14-6-5-13/h1-4,8,11,14H,6-7H2/t11-/m0/s1. The molecule has 0 heterocycles. The number of carbonyl (C=O) groups excluding carboxylic acids is 1. The van der Waals surface area contributed by atoms with Gasteiger partial charge < -0.3 is 4.79 Å². The van der Waals surface area contributed by atoms with E-state index in [2.05, 4.69) is 5.32 Å². The smallest absolute Gasteiger partial charge is 0.137 e. The van der Waals surface area contributed by atoms with Gasteiger partial charge in [0.2, 0.25) is 0 Å². The van der Waals surface area contributed by atoms with Gasteiger partial charge in [-0.2, -0.15) is 5.26 Å². The van der Waals surface area contributed by atoms with Gasteiger partial charge in [0, 0.05) is 0 Å². The number of rotatable bonds is 5. The van der Waals surface area contributed by atoms with Gasteiger partial charge in [-0.25, -0.2) is 4.39 Å². The Bertz CT molecular complexity index is 356. The van der Waals surface area contributed by atoms with Crippen molar-refractivity contribution < 1.29 is 9.18 Å². The molecule has 15 heavy (non-hydrogen) atoms. The Kier molecular flexibility index (Phi) is 4.45. The first-order chi connectivity index (χ1) is 7.26. The molecule has 0 radical (unpaired) electrons. The molecule has 4 heteroatoms. The van der Waals surface area contributed by atoms with Gasteiger partial charge in [0.15, 0.2) is 0 Å². The van der Waals surface area contributed by atoms with E-state index in [1.807, 2.05) is 6.07 Å². The third kappa shape index (κ3) is 3.88. The summed E-state index contributed by atoms with van der Waals surface area (Å²) < 4.78 is 12.6. The second-order valence-corrected chi connectivity index (χ2v) is 3.11. The van der Waals surface area contributed by atoms with Crippen molar-refractivity contribution in [3.8, 4) is 6.07 Å². The van der Waals surface area contributed by atoms with Crippen LogP contribution in [0.2, 0.25) is 0 Å². The summed E-state index contributed by atoms with van der Waals surface area (Å²) in [5, 5.41) is 11.1. The number of halogens is 1. The van der Waals surface area contributed by atoms with Crippen LogP contribution in [-0.2, 0) is 11.2 Å². The van der Waals surface area contributed by atoms with Gasteiger partial charge in [-0.05, 0) is 24.1 Å². The van der Waals surface area contributed by atoms with Gasteiger partial charge in [0.1, 0.15) is 12.1 Å². The van der Waals surface area contributed by atoms with Crippen LogP contribution in [0.15, 0.2) is 24.3 Å². The molecule has 0 aliphatic carbocycles. The zero-order valence-electron chi connectivity index (χ0n) is 8.11. The van der Waals surface area contributed by atoms with Crippen molar-refractivity contribution in [2.24, 2.45) is 0 Å². The molecule has 0 aromatic heterocycles. The Morgan fingerprint density at radius 1 is 1.47 bits per heavy atom. The average molecular weight is 206 g/mol. The number of benzene rings is 1. The van der Waals surface area contributed by atoms with Crippen LogP contribution in [0.1, 0.15) is 5.56 Å². The topological polar surface area (TPSA) is 52.9 Å². The first-order valence-corrected chi connectivity index (χ1v) is 4.56. The first kappa shape index (κ1) is 11.3. The molecule has 1 aromatic carbocycles. The largest absolute Gasteiger partial charge is 0.302 e. The lowest BCUT2D eigenvalue weighted by Gasteiger charge is -2.09. The van der Waals surface area contributed by atoms with Crippen molar-refractivity contribution in [1.29, 1.82) is 5.26 Å². The highest BCUT2D eigenvalue weighted by Crippen LogP contribution is 2.04. The predicted molar refractivity (Wildman–Crippen MR) is 53.6 cm³/mol. The average Bonchev–Trinajstić information content (AvgIpc) is 2.27. The second kappa shape index (κ2) is 5.89. The van der Waals surface area contributed by atoms with Crippen LogP contribution >= 0.6 is 0 Å². The SMILES string of the molecule is N#CCN[C@H](C=O)Cc1ccc(F)cc1. The highest BCUT2D eigenvalue weighted by Gasteiger charge is 2.06. The van der Waals surface area contributed by atoms with E-state index < -0.39 is 6.04 Å². The molecule has 1 rings (SSSR count). The van der Waals surface area contributed by atoms with E-state index in [1.54, 1.807) is 12.1 Å². The maximum atomic E-state index is 12.6. The second-order valence-electron chi connectivity index (χ2n) is 3.11. The molecule has 1 atom stereocenters. The molecule has 78 valence electrons. The molecule has 0 aliphatic rings. The Hall–Kier alpha value is -1.73.